The van der Waals surface area contributed by atoms with Crippen LogP contribution in [-0.4, -0.2) is 21.4 Å². The lowest BCUT2D eigenvalue weighted by atomic mass is 10.0. The van der Waals surface area contributed by atoms with Crippen molar-refractivity contribution in [3.63, 3.8) is 0 Å². The molecule has 0 saturated carbocycles. The molecule has 0 aliphatic heterocycles. The fourth-order valence-corrected chi connectivity index (χ4v) is 2.95. The van der Waals surface area contributed by atoms with Gasteiger partial charge >= 0.3 is 0 Å². The summed E-state index contributed by atoms with van der Waals surface area (Å²) in [6.07, 6.45) is 1.75. The van der Waals surface area contributed by atoms with E-state index in [-0.39, 0.29) is 11.5 Å². The molecular formula is C20H23N5O. The van der Waals surface area contributed by atoms with Gasteiger partial charge in [-0.25, -0.2) is 5.43 Å². The summed E-state index contributed by atoms with van der Waals surface area (Å²) < 4.78 is 0. The van der Waals surface area contributed by atoms with Crippen LogP contribution in [0.1, 0.15) is 47.7 Å². The van der Waals surface area contributed by atoms with E-state index < -0.39 is 0 Å². The van der Waals surface area contributed by atoms with Crippen LogP contribution in [0.5, 0.6) is 0 Å². The molecule has 1 heterocycles. The van der Waals surface area contributed by atoms with Gasteiger partial charge < -0.3 is 0 Å². The third-order valence-corrected chi connectivity index (χ3v) is 4.49. The number of H-pyrrole nitrogens is 1. The molecule has 0 bridgehead atoms. The van der Waals surface area contributed by atoms with E-state index >= 15 is 0 Å². The number of nitrogens with zero attached hydrogens (tertiary/aromatic N) is 3. The number of hydrazone groups is 1. The summed E-state index contributed by atoms with van der Waals surface area (Å²) in [7, 11) is 0. The lowest BCUT2D eigenvalue weighted by molar-refractivity contribution is 0.868. The molecule has 0 atom stereocenters. The highest BCUT2D eigenvalue weighted by Crippen LogP contribution is 2.35. The molecule has 2 aliphatic rings. The van der Waals surface area contributed by atoms with Gasteiger partial charge in [-0.3, -0.25) is 9.78 Å². The van der Waals surface area contributed by atoms with Crippen LogP contribution in [0.4, 0.5) is 5.95 Å². The van der Waals surface area contributed by atoms with Crippen molar-refractivity contribution in [3.8, 4) is 11.1 Å². The molecule has 1 aromatic rings. The van der Waals surface area contributed by atoms with Crippen LogP contribution in [0.25, 0.3) is 11.1 Å². The Balaban J connectivity index is 1.94. The van der Waals surface area contributed by atoms with Gasteiger partial charge in [-0.05, 0) is 60.6 Å². The topological polar surface area (TPSA) is 83.0 Å². The van der Waals surface area contributed by atoms with E-state index in [0.717, 1.165) is 5.56 Å². The van der Waals surface area contributed by atoms with E-state index in [1.807, 2.05) is 0 Å². The molecule has 1 aromatic heterocycles. The highest BCUT2D eigenvalue weighted by atomic mass is 16.1. The van der Waals surface area contributed by atoms with Gasteiger partial charge in [0.15, 0.2) is 0 Å². The van der Waals surface area contributed by atoms with Crippen molar-refractivity contribution in [1.82, 2.24) is 15.2 Å². The van der Waals surface area contributed by atoms with Crippen LogP contribution in [0.15, 0.2) is 34.2 Å². The van der Waals surface area contributed by atoms with Gasteiger partial charge in [-0.15, -0.1) is 10.2 Å². The molecule has 0 amide bonds. The Morgan fingerprint density at radius 1 is 1.12 bits per heavy atom. The third-order valence-electron chi connectivity index (χ3n) is 4.49. The van der Waals surface area contributed by atoms with Crippen LogP contribution in [0.3, 0.4) is 0 Å². The first-order valence-electron chi connectivity index (χ1n) is 8.63. The van der Waals surface area contributed by atoms with Gasteiger partial charge in [0.2, 0.25) is 5.95 Å². The monoisotopic (exact) mass is 349 g/mol. The number of anilines is 1. The molecule has 6 nitrogen and oxygen atoms in total. The Morgan fingerprint density at radius 3 is 2.58 bits per heavy atom. The molecule has 6 heteroatoms. The minimum absolute atomic E-state index is 0.216. The summed E-state index contributed by atoms with van der Waals surface area (Å²) in [6, 6.07) is 8.72. The second kappa shape index (κ2) is 7.07. The fourth-order valence-electron chi connectivity index (χ4n) is 2.95. The van der Waals surface area contributed by atoms with E-state index in [9.17, 15) is 4.79 Å². The van der Waals surface area contributed by atoms with Crippen molar-refractivity contribution in [2.45, 2.75) is 40.5 Å². The normalized spacial score (nSPS) is 11.6. The number of aromatic amines is 1. The molecule has 134 valence electrons. The van der Waals surface area contributed by atoms with Crippen molar-refractivity contribution in [3.05, 3.63) is 62.6 Å². The van der Waals surface area contributed by atoms with Gasteiger partial charge in [0, 0.05) is 5.56 Å². The van der Waals surface area contributed by atoms with E-state index in [4.69, 9.17) is 0 Å². The zero-order chi connectivity index (χ0) is 18.8. The highest BCUT2D eigenvalue weighted by Gasteiger charge is 2.15. The van der Waals surface area contributed by atoms with Gasteiger partial charge in [0.05, 0.1) is 6.21 Å². The van der Waals surface area contributed by atoms with Crippen molar-refractivity contribution in [2.24, 2.45) is 5.10 Å². The lowest BCUT2D eigenvalue weighted by Gasteiger charge is -2.04. The number of rotatable bonds is 4. The van der Waals surface area contributed by atoms with Gasteiger partial charge in [0.25, 0.3) is 5.56 Å². The van der Waals surface area contributed by atoms with Crippen molar-refractivity contribution in [2.75, 3.05) is 5.43 Å². The van der Waals surface area contributed by atoms with Crippen LogP contribution in [0, 0.1) is 20.8 Å². The Kier molecular flexibility index (Phi) is 4.84. The maximum atomic E-state index is 11.6. The number of fused-ring (bicyclic) bond motifs is 1. The number of aromatic nitrogens is 3. The summed E-state index contributed by atoms with van der Waals surface area (Å²) >= 11 is 0. The van der Waals surface area contributed by atoms with E-state index in [2.05, 4.69) is 77.7 Å². The molecule has 2 N–H and O–H groups in total. The summed E-state index contributed by atoms with van der Waals surface area (Å²) in [4.78, 5) is 14.2. The second-order valence-corrected chi connectivity index (χ2v) is 6.84. The molecule has 0 unspecified atom stereocenters. The number of aryl methyl sites for hydroxylation is 3. The Bertz CT molecular complexity index is 1000. The first-order chi connectivity index (χ1) is 12.4. The number of nitrogens with one attached hydrogen (secondary N) is 2. The van der Waals surface area contributed by atoms with E-state index in [1.165, 1.54) is 27.8 Å². The summed E-state index contributed by atoms with van der Waals surface area (Å²) in [5.74, 6) is 0.684. The SMILES string of the molecule is Cc1cc(/C=N\Nc2nnc(C)c(=O)[nH]2)c2c(C)ccc(C(C)C)cc1-2. The lowest BCUT2D eigenvalue weighted by Crippen LogP contribution is -2.15. The Hall–Kier alpha value is -3.02. The Labute approximate surface area is 152 Å². The standard InChI is InChI=1S/C20H23N5O/c1-11(2)15-7-6-12(3)18-16(8-13(4)17(18)9-15)10-21-24-20-22-19(26)14(5)23-25-20/h6-11H,1-5H3,(H2,22,24,25,26)/b21-10-. The molecule has 0 saturated heterocycles. The minimum Gasteiger partial charge on any atom is -0.288 e. The quantitative estimate of drug-likeness (QED) is 0.555. The van der Waals surface area contributed by atoms with Gasteiger partial charge in [-0.1, -0.05) is 32.0 Å². The molecule has 3 rings (SSSR count). The van der Waals surface area contributed by atoms with E-state index in [0.29, 0.717) is 11.6 Å². The average Bonchev–Trinajstić information content (AvgIpc) is 2.78. The number of hydrogen-bond donors (Lipinski definition) is 2. The fraction of sp³-hybridized carbons (Fsp3) is 0.300. The summed E-state index contributed by atoms with van der Waals surface area (Å²) in [6.45, 7) is 10.2. The minimum atomic E-state index is -0.281. The van der Waals surface area contributed by atoms with E-state index in [1.54, 1.807) is 13.1 Å². The Morgan fingerprint density at radius 2 is 1.88 bits per heavy atom. The molecular weight excluding hydrogens is 326 g/mol. The smallest absolute Gasteiger partial charge is 0.274 e. The van der Waals surface area contributed by atoms with Crippen LogP contribution in [-0.2, 0) is 0 Å². The molecule has 0 radical (unpaired) electrons. The predicted octanol–water partition coefficient (Wildman–Crippen LogP) is 3.76. The molecule has 2 aliphatic carbocycles. The van der Waals surface area contributed by atoms with Crippen molar-refractivity contribution >= 4 is 12.2 Å². The highest BCUT2D eigenvalue weighted by molar-refractivity contribution is 5.95. The summed E-state index contributed by atoms with van der Waals surface area (Å²) in [5, 5.41) is 11.9. The van der Waals surface area contributed by atoms with Crippen LogP contribution >= 0.6 is 0 Å². The zero-order valence-electron chi connectivity index (χ0n) is 15.7. The van der Waals surface area contributed by atoms with Crippen LogP contribution < -0.4 is 11.0 Å². The average molecular weight is 349 g/mol. The molecule has 0 spiro atoms. The molecule has 0 fully saturated rings. The zero-order valence-corrected chi connectivity index (χ0v) is 15.7. The molecule has 0 aromatic carbocycles. The largest absolute Gasteiger partial charge is 0.288 e. The predicted molar refractivity (Wildman–Crippen MR) is 105 cm³/mol. The maximum absolute atomic E-state index is 11.6. The second-order valence-electron chi connectivity index (χ2n) is 6.84. The summed E-state index contributed by atoms with van der Waals surface area (Å²) in [5.41, 5.74) is 9.94. The van der Waals surface area contributed by atoms with Gasteiger partial charge in [0.1, 0.15) is 5.69 Å². The maximum Gasteiger partial charge on any atom is 0.274 e. The first-order valence-corrected chi connectivity index (χ1v) is 8.63. The molecule has 26 heavy (non-hydrogen) atoms. The first kappa shape index (κ1) is 17.8. The third kappa shape index (κ3) is 3.49. The van der Waals surface area contributed by atoms with Crippen LogP contribution in [0.2, 0.25) is 0 Å². The van der Waals surface area contributed by atoms with Gasteiger partial charge in [-0.2, -0.15) is 5.10 Å². The number of hydrogen-bond acceptors (Lipinski definition) is 5. The van der Waals surface area contributed by atoms with Crippen molar-refractivity contribution < 1.29 is 0 Å². The van der Waals surface area contributed by atoms with Crippen molar-refractivity contribution in [1.29, 1.82) is 0 Å².